The Bertz CT molecular complexity index is 684. The maximum absolute atomic E-state index is 10.8. The molecule has 0 bridgehead atoms. The van der Waals surface area contributed by atoms with Gasteiger partial charge in [0.2, 0.25) is 0 Å². The summed E-state index contributed by atoms with van der Waals surface area (Å²) >= 11 is 1.40. The molecule has 0 amide bonds. The van der Waals surface area contributed by atoms with Crippen LogP contribution >= 0.6 is 11.9 Å². The number of hydrogen-bond donors (Lipinski definition) is 1. The molecule has 0 atom stereocenters. The highest BCUT2D eigenvalue weighted by molar-refractivity contribution is 7.97. The van der Waals surface area contributed by atoms with Crippen molar-refractivity contribution in [2.75, 3.05) is 0 Å². The molecule has 1 heterocycles. The number of aryl methyl sites for hydroxylation is 1. The number of carboxylic acid groups (broad SMARTS) is 1. The molecule has 1 N–H and O–H groups in total. The molecule has 0 aliphatic heterocycles. The van der Waals surface area contributed by atoms with Gasteiger partial charge in [0.25, 0.3) is 0 Å². The summed E-state index contributed by atoms with van der Waals surface area (Å²) in [6.45, 7) is 3.66. The van der Waals surface area contributed by atoms with Crippen LogP contribution in [0.25, 0.3) is 0 Å². The summed E-state index contributed by atoms with van der Waals surface area (Å²) in [7, 11) is 0. The summed E-state index contributed by atoms with van der Waals surface area (Å²) in [4.78, 5) is 11.8. The van der Waals surface area contributed by atoms with Crippen LogP contribution in [-0.2, 0) is 11.2 Å². The number of aromatic nitrogens is 2. The molecule has 0 saturated heterocycles. The van der Waals surface area contributed by atoms with Crippen LogP contribution < -0.4 is 0 Å². The maximum Gasteiger partial charge on any atom is 0.307 e. The minimum atomic E-state index is -0.862. The molecule has 0 aliphatic carbocycles. The first-order chi connectivity index (χ1) is 9.51. The number of benzene rings is 1. The molecule has 0 aliphatic rings. The summed E-state index contributed by atoms with van der Waals surface area (Å²) in [5.74, 6) is -0.862. The summed E-state index contributed by atoms with van der Waals surface area (Å²) < 4.78 is 1.72. The van der Waals surface area contributed by atoms with Gasteiger partial charge in [0, 0.05) is 22.4 Å². The highest BCUT2D eigenvalue weighted by atomic mass is 32.2. The molecule has 102 valence electrons. The fourth-order valence-electron chi connectivity index (χ4n) is 1.83. The zero-order valence-corrected chi connectivity index (χ0v) is 11.9. The molecule has 2 aromatic rings. The van der Waals surface area contributed by atoms with E-state index in [4.69, 9.17) is 10.4 Å². The number of carboxylic acids is 1. The Morgan fingerprint density at radius 3 is 2.60 bits per heavy atom. The predicted molar refractivity (Wildman–Crippen MR) is 75.5 cm³/mol. The van der Waals surface area contributed by atoms with Gasteiger partial charge in [-0.3, -0.25) is 4.79 Å². The van der Waals surface area contributed by atoms with Gasteiger partial charge >= 0.3 is 5.97 Å². The lowest BCUT2D eigenvalue weighted by Crippen LogP contribution is -2.02. The van der Waals surface area contributed by atoms with Gasteiger partial charge in [0.15, 0.2) is 0 Å². The second-order valence-corrected chi connectivity index (χ2v) is 5.32. The average Bonchev–Trinajstić information content (AvgIpc) is 2.67. The number of nitriles is 1. The van der Waals surface area contributed by atoms with Gasteiger partial charge in [-0.1, -0.05) is 0 Å². The third-order valence-corrected chi connectivity index (χ3v) is 3.92. The molecule has 20 heavy (non-hydrogen) atoms. The monoisotopic (exact) mass is 287 g/mol. The van der Waals surface area contributed by atoms with Gasteiger partial charge in [0.05, 0.1) is 29.4 Å². The molecule has 0 fully saturated rings. The largest absolute Gasteiger partial charge is 0.481 e. The molecule has 1 aromatic heterocycles. The molecule has 2 rings (SSSR count). The molecule has 0 radical (unpaired) electrons. The Balaban J connectivity index is 2.25. The fraction of sp³-hybridized carbons (Fsp3) is 0.214. The SMILES string of the molecule is Cc1nn(Sc2ccc(C#N)cc2)c(C)c1CC(=O)O. The normalized spacial score (nSPS) is 10.2. The molecule has 1 aromatic carbocycles. The summed E-state index contributed by atoms with van der Waals surface area (Å²) in [6, 6.07) is 9.24. The second-order valence-electron chi connectivity index (χ2n) is 4.32. The van der Waals surface area contributed by atoms with E-state index in [1.807, 2.05) is 19.1 Å². The lowest BCUT2D eigenvalue weighted by Gasteiger charge is -2.04. The van der Waals surface area contributed by atoms with Crippen molar-refractivity contribution in [2.24, 2.45) is 0 Å². The van der Waals surface area contributed by atoms with E-state index in [1.54, 1.807) is 23.1 Å². The van der Waals surface area contributed by atoms with E-state index in [2.05, 4.69) is 11.2 Å². The summed E-state index contributed by atoms with van der Waals surface area (Å²) in [6.07, 6.45) is -0.0222. The van der Waals surface area contributed by atoms with Crippen molar-refractivity contribution in [1.29, 1.82) is 5.26 Å². The molecule has 0 unspecified atom stereocenters. The minimum absolute atomic E-state index is 0.0222. The Kier molecular flexibility index (Phi) is 4.11. The first kappa shape index (κ1) is 14.2. The van der Waals surface area contributed by atoms with Gasteiger partial charge < -0.3 is 5.11 Å². The minimum Gasteiger partial charge on any atom is -0.481 e. The Labute approximate surface area is 121 Å². The van der Waals surface area contributed by atoms with Crippen LogP contribution in [0.2, 0.25) is 0 Å². The van der Waals surface area contributed by atoms with Crippen molar-refractivity contribution in [3.05, 3.63) is 46.8 Å². The lowest BCUT2D eigenvalue weighted by molar-refractivity contribution is -0.136. The molecular weight excluding hydrogens is 274 g/mol. The molecule has 6 heteroatoms. The van der Waals surface area contributed by atoms with E-state index in [-0.39, 0.29) is 6.42 Å². The topological polar surface area (TPSA) is 78.9 Å². The number of aliphatic carboxylic acids is 1. The Morgan fingerprint density at radius 2 is 2.05 bits per heavy atom. The Morgan fingerprint density at radius 1 is 1.40 bits per heavy atom. The standard InChI is InChI=1S/C14H13N3O2S/c1-9-13(7-14(18)19)10(2)17(16-9)20-12-5-3-11(8-15)4-6-12/h3-6H,7H2,1-2H3,(H,18,19). The molecule has 0 spiro atoms. The summed E-state index contributed by atoms with van der Waals surface area (Å²) in [5, 5.41) is 22.0. The maximum atomic E-state index is 10.8. The third kappa shape index (κ3) is 3.00. The average molecular weight is 287 g/mol. The van der Waals surface area contributed by atoms with Crippen molar-refractivity contribution in [2.45, 2.75) is 25.2 Å². The smallest absolute Gasteiger partial charge is 0.307 e. The van der Waals surface area contributed by atoms with Crippen molar-refractivity contribution >= 4 is 17.9 Å². The first-order valence-corrected chi connectivity index (χ1v) is 6.74. The first-order valence-electron chi connectivity index (χ1n) is 5.96. The quantitative estimate of drug-likeness (QED) is 0.935. The Hall–Kier alpha value is -2.26. The number of nitrogens with zero attached hydrogens (tertiary/aromatic N) is 3. The van der Waals surface area contributed by atoms with Crippen LogP contribution in [0.15, 0.2) is 29.2 Å². The van der Waals surface area contributed by atoms with E-state index < -0.39 is 5.97 Å². The van der Waals surface area contributed by atoms with Crippen LogP contribution in [0.3, 0.4) is 0 Å². The molecule has 5 nitrogen and oxygen atoms in total. The van der Waals surface area contributed by atoms with Crippen molar-refractivity contribution in [3.63, 3.8) is 0 Å². The van der Waals surface area contributed by atoms with Crippen molar-refractivity contribution in [3.8, 4) is 6.07 Å². The van der Waals surface area contributed by atoms with Gasteiger partial charge in [-0.2, -0.15) is 10.4 Å². The highest BCUT2D eigenvalue weighted by Crippen LogP contribution is 2.25. The van der Waals surface area contributed by atoms with E-state index in [0.717, 1.165) is 21.8 Å². The second kappa shape index (κ2) is 5.80. The van der Waals surface area contributed by atoms with Gasteiger partial charge in [0.1, 0.15) is 0 Å². The fourth-order valence-corrected chi connectivity index (χ4v) is 2.70. The van der Waals surface area contributed by atoms with E-state index >= 15 is 0 Å². The van der Waals surface area contributed by atoms with E-state index in [9.17, 15) is 4.79 Å². The van der Waals surface area contributed by atoms with Crippen LogP contribution in [-0.4, -0.2) is 20.3 Å². The number of carbonyl (C=O) groups is 1. The number of rotatable bonds is 4. The van der Waals surface area contributed by atoms with Gasteiger partial charge in [-0.05, 0) is 38.1 Å². The predicted octanol–water partition coefficient (Wildman–Crippen LogP) is 2.55. The van der Waals surface area contributed by atoms with Crippen LogP contribution in [0.5, 0.6) is 0 Å². The van der Waals surface area contributed by atoms with Gasteiger partial charge in [-0.15, -0.1) is 0 Å². The van der Waals surface area contributed by atoms with Gasteiger partial charge in [-0.25, -0.2) is 4.09 Å². The zero-order chi connectivity index (χ0) is 14.7. The van der Waals surface area contributed by atoms with Crippen LogP contribution in [0.1, 0.15) is 22.5 Å². The van der Waals surface area contributed by atoms with Crippen molar-refractivity contribution < 1.29 is 9.90 Å². The number of hydrogen-bond acceptors (Lipinski definition) is 4. The molecule has 0 saturated carbocycles. The molecular formula is C14H13N3O2S. The highest BCUT2D eigenvalue weighted by Gasteiger charge is 2.15. The van der Waals surface area contributed by atoms with Crippen molar-refractivity contribution in [1.82, 2.24) is 9.19 Å². The van der Waals surface area contributed by atoms with Crippen LogP contribution in [0.4, 0.5) is 0 Å². The lowest BCUT2D eigenvalue weighted by atomic mass is 10.1. The summed E-state index contributed by atoms with van der Waals surface area (Å²) in [5.41, 5.74) is 2.92. The third-order valence-electron chi connectivity index (χ3n) is 2.90. The zero-order valence-electron chi connectivity index (χ0n) is 11.1. The van der Waals surface area contributed by atoms with Crippen LogP contribution in [0, 0.1) is 25.2 Å². The van der Waals surface area contributed by atoms with E-state index in [0.29, 0.717) is 5.56 Å². The van der Waals surface area contributed by atoms with E-state index in [1.165, 1.54) is 11.9 Å².